The number of nitrogens with one attached hydrogen (secondary N) is 2. The van der Waals surface area contributed by atoms with Crippen LogP contribution in [-0.4, -0.2) is 69.9 Å². The molecule has 1 amide bonds. The molecule has 0 aromatic heterocycles. The Morgan fingerprint density at radius 3 is 2.54 bits per heavy atom. The van der Waals surface area contributed by atoms with Crippen molar-refractivity contribution in [2.24, 2.45) is 22.7 Å². The molecule has 1 aliphatic heterocycles. The van der Waals surface area contributed by atoms with Gasteiger partial charge in [-0.2, -0.15) is 0 Å². The first kappa shape index (κ1) is 23.7. The molecule has 0 spiro atoms. The molecule has 4 unspecified atom stereocenters. The third kappa shape index (κ3) is 6.74. The topological polar surface area (TPSA) is 90.9 Å². The van der Waals surface area contributed by atoms with Gasteiger partial charge in [-0.05, 0) is 43.4 Å². The van der Waals surface area contributed by atoms with Crippen molar-refractivity contribution in [3.8, 4) is 0 Å². The first-order valence-corrected chi connectivity index (χ1v) is 12.1. The molecule has 28 heavy (non-hydrogen) atoms. The summed E-state index contributed by atoms with van der Waals surface area (Å²) in [6.07, 6.45) is 8.35. The van der Waals surface area contributed by atoms with E-state index in [1.807, 2.05) is 0 Å². The molecule has 4 atom stereocenters. The van der Waals surface area contributed by atoms with E-state index in [-0.39, 0.29) is 53.9 Å². The van der Waals surface area contributed by atoms with Gasteiger partial charge in [0.15, 0.2) is 15.8 Å². The Bertz CT molecular complexity index is 668. The molecule has 0 aromatic carbocycles. The fourth-order valence-electron chi connectivity index (χ4n) is 4.74. The monoisotopic (exact) mass is 526 g/mol. The number of aliphatic imine (C=N–C) groups is 1. The van der Waals surface area contributed by atoms with Gasteiger partial charge in [0.2, 0.25) is 5.91 Å². The highest BCUT2D eigenvalue weighted by Gasteiger charge is 2.34. The van der Waals surface area contributed by atoms with Gasteiger partial charge in [0, 0.05) is 26.7 Å². The number of carbonyl (C=O) groups is 1. The summed E-state index contributed by atoms with van der Waals surface area (Å²) in [4.78, 5) is 17.9. The lowest BCUT2D eigenvalue weighted by molar-refractivity contribution is -0.127. The minimum atomic E-state index is -2.88. The predicted molar refractivity (Wildman–Crippen MR) is 123 cm³/mol. The lowest BCUT2D eigenvalue weighted by Gasteiger charge is -2.33. The van der Waals surface area contributed by atoms with Gasteiger partial charge in [-0.15, -0.1) is 24.0 Å². The van der Waals surface area contributed by atoms with Crippen LogP contribution in [0.15, 0.2) is 4.99 Å². The van der Waals surface area contributed by atoms with Crippen LogP contribution in [-0.2, 0) is 14.6 Å². The minimum Gasteiger partial charge on any atom is -0.356 e. The SMILES string of the molecule is CN(C)C(=O)CN=C(NCC1CCS(=O)(=O)C1)NC1CCC2CCCC2C1.I. The highest BCUT2D eigenvalue weighted by Crippen LogP contribution is 2.42. The lowest BCUT2D eigenvalue weighted by Crippen LogP contribution is -2.47. The highest BCUT2D eigenvalue weighted by atomic mass is 127. The van der Waals surface area contributed by atoms with Crippen LogP contribution in [0.2, 0.25) is 0 Å². The third-order valence-corrected chi connectivity index (χ3v) is 8.22. The van der Waals surface area contributed by atoms with E-state index in [4.69, 9.17) is 0 Å². The minimum absolute atomic E-state index is 0. The van der Waals surface area contributed by atoms with Crippen molar-refractivity contribution >= 4 is 45.7 Å². The number of hydrogen-bond acceptors (Lipinski definition) is 4. The Balaban J connectivity index is 0.00000280. The van der Waals surface area contributed by atoms with Gasteiger partial charge in [-0.25, -0.2) is 13.4 Å². The number of rotatable bonds is 5. The molecule has 0 radical (unpaired) electrons. The summed E-state index contributed by atoms with van der Waals surface area (Å²) in [5.41, 5.74) is 0. The van der Waals surface area contributed by atoms with E-state index >= 15 is 0 Å². The number of hydrogen-bond donors (Lipinski definition) is 2. The van der Waals surface area contributed by atoms with E-state index in [0.717, 1.165) is 18.3 Å². The molecule has 1 saturated heterocycles. The maximum absolute atomic E-state index is 11.9. The predicted octanol–water partition coefficient (Wildman–Crippen LogP) is 1.63. The molecule has 0 bridgehead atoms. The summed E-state index contributed by atoms with van der Waals surface area (Å²) in [6, 6.07) is 0.386. The van der Waals surface area contributed by atoms with Crippen LogP contribution >= 0.6 is 24.0 Å². The maximum atomic E-state index is 11.9. The van der Waals surface area contributed by atoms with Crippen LogP contribution in [0.25, 0.3) is 0 Å². The molecule has 7 nitrogen and oxygen atoms in total. The van der Waals surface area contributed by atoms with E-state index in [0.29, 0.717) is 25.0 Å². The van der Waals surface area contributed by atoms with Crippen molar-refractivity contribution in [2.75, 3.05) is 38.7 Å². The molecule has 9 heteroatoms. The van der Waals surface area contributed by atoms with Crippen LogP contribution in [0.3, 0.4) is 0 Å². The number of guanidine groups is 1. The summed E-state index contributed by atoms with van der Waals surface area (Å²) in [7, 11) is 0.572. The number of carbonyl (C=O) groups excluding carboxylic acids is 1. The van der Waals surface area contributed by atoms with Gasteiger partial charge in [0.1, 0.15) is 6.54 Å². The third-order valence-electron chi connectivity index (χ3n) is 6.39. The quantitative estimate of drug-likeness (QED) is 0.323. The second kappa shape index (κ2) is 10.4. The zero-order valence-corrected chi connectivity index (χ0v) is 20.2. The lowest BCUT2D eigenvalue weighted by atomic mass is 9.79. The van der Waals surface area contributed by atoms with Gasteiger partial charge < -0.3 is 15.5 Å². The van der Waals surface area contributed by atoms with E-state index in [1.54, 1.807) is 14.1 Å². The van der Waals surface area contributed by atoms with E-state index < -0.39 is 9.84 Å². The molecule has 2 saturated carbocycles. The van der Waals surface area contributed by atoms with Gasteiger partial charge in [0.05, 0.1) is 11.5 Å². The number of amides is 1. The average Bonchev–Trinajstić information content (AvgIpc) is 3.22. The largest absolute Gasteiger partial charge is 0.356 e. The van der Waals surface area contributed by atoms with Crippen molar-refractivity contribution in [3.63, 3.8) is 0 Å². The summed E-state index contributed by atoms with van der Waals surface area (Å²) >= 11 is 0. The van der Waals surface area contributed by atoms with Gasteiger partial charge in [0.25, 0.3) is 0 Å². The molecule has 162 valence electrons. The molecule has 2 aliphatic carbocycles. The molecule has 3 fully saturated rings. The van der Waals surface area contributed by atoms with E-state index in [2.05, 4.69) is 15.6 Å². The van der Waals surface area contributed by atoms with Crippen LogP contribution < -0.4 is 10.6 Å². The molecular weight excluding hydrogens is 491 g/mol. The Hall–Kier alpha value is -0.580. The Labute approximate surface area is 186 Å². The van der Waals surface area contributed by atoms with Crippen LogP contribution in [0, 0.1) is 17.8 Å². The van der Waals surface area contributed by atoms with Crippen molar-refractivity contribution in [1.82, 2.24) is 15.5 Å². The van der Waals surface area contributed by atoms with Gasteiger partial charge >= 0.3 is 0 Å². The Morgan fingerprint density at radius 2 is 1.86 bits per heavy atom. The number of halogens is 1. The maximum Gasteiger partial charge on any atom is 0.243 e. The average molecular weight is 526 g/mol. The number of likely N-dealkylation sites (N-methyl/N-ethyl adjacent to an activating group) is 1. The first-order chi connectivity index (χ1) is 12.8. The summed E-state index contributed by atoms with van der Waals surface area (Å²) < 4.78 is 23.3. The van der Waals surface area contributed by atoms with E-state index in [1.165, 1.54) is 37.0 Å². The Kier molecular flexibility index (Phi) is 8.84. The molecule has 0 aromatic rings. The van der Waals surface area contributed by atoms with Gasteiger partial charge in [-0.1, -0.05) is 19.3 Å². The summed E-state index contributed by atoms with van der Waals surface area (Å²) in [6.45, 7) is 0.685. The van der Waals surface area contributed by atoms with Crippen LogP contribution in [0.4, 0.5) is 0 Å². The summed E-state index contributed by atoms with van der Waals surface area (Å²) in [5.74, 6) is 2.98. The van der Waals surface area contributed by atoms with Gasteiger partial charge in [-0.3, -0.25) is 4.79 Å². The molecule has 3 rings (SSSR count). The number of nitrogens with zero attached hydrogens (tertiary/aromatic N) is 2. The normalized spacial score (nSPS) is 31.6. The molecule has 2 N–H and O–H groups in total. The van der Waals surface area contributed by atoms with Crippen molar-refractivity contribution in [1.29, 1.82) is 0 Å². The number of sulfone groups is 1. The fraction of sp³-hybridized carbons (Fsp3) is 0.895. The molecule has 1 heterocycles. The Morgan fingerprint density at radius 1 is 1.11 bits per heavy atom. The van der Waals surface area contributed by atoms with Crippen LogP contribution in [0.5, 0.6) is 0 Å². The number of fused-ring (bicyclic) bond motifs is 1. The zero-order chi connectivity index (χ0) is 19.4. The fourth-order valence-corrected chi connectivity index (χ4v) is 6.60. The van der Waals surface area contributed by atoms with Crippen molar-refractivity contribution < 1.29 is 13.2 Å². The van der Waals surface area contributed by atoms with Crippen molar-refractivity contribution in [2.45, 2.75) is 51.0 Å². The van der Waals surface area contributed by atoms with Crippen molar-refractivity contribution in [3.05, 3.63) is 0 Å². The zero-order valence-electron chi connectivity index (χ0n) is 17.0. The first-order valence-electron chi connectivity index (χ1n) is 10.3. The molecule has 3 aliphatic rings. The highest BCUT2D eigenvalue weighted by molar-refractivity contribution is 14.0. The van der Waals surface area contributed by atoms with Crippen LogP contribution in [0.1, 0.15) is 44.9 Å². The molecular formula is C19H35IN4O3S. The standard InChI is InChI=1S/C19H34N4O3S.HI/c1-23(2)18(24)12-21-19(20-11-14-8-9-27(25,26)13-14)22-17-7-6-15-4-3-5-16(15)10-17;/h14-17H,3-13H2,1-2H3,(H2,20,21,22);1H. The van der Waals surface area contributed by atoms with E-state index in [9.17, 15) is 13.2 Å². The summed E-state index contributed by atoms with van der Waals surface area (Å²) in [5, 5.41) is 6.83. The second-order valence-corrected chi connectivity index (χ2v) is 10.9. The smallest absolute Gasteiger partial charge is 0.243 e. The second-order valence-electron chi connectivity index (χ2n) is 8.71.